The second-order valence-electron chi connectivity index (χ2n) is 13.2. The Morgan fingerprint density at radius 2 is 1.43 bits per heavy atom. The molecule has 0 aromatic heterocycles. The molecule has 1 aliphatic carbocycles. The minimum absolute atomic E-state index is 0.247. The van der Waals surface area contributed by atoms with Gasteiger partial charge in [0.1, 0.15) is 6.29 Å². The van der Waals surface area contributed by atoms with Gasteiger partial charge in [0.25, 0.3) is 0 Å². The second-order valence-corrected chi connectivity index (χ2v) is 19.4. The lowest BCUT2D eigenvalue weighted by molar-refractivity contribution is -0.110. The highest BCUT2D eigenvalue weighted by atomic mass is 79.9. The zero-order chi connectivity index (χ0) is 29.8. The van der Waals surface area contributed by atoms with Gasteiger partial charge >= 0.3 is 0 Å². The van der Waals surface area contributed by atoms with Crippen LogP contribution in [0.5, 0.6) is 0 Å². The van der Waals surface area contributed by atoms with Gasteiger partial charge in [-0.2, -0.15) is 0 Å². The van der Waals surface area contributed by atoms with Crippen LogP contribution in [0.3, 0.4) is 0 Å². The number of hydrogen-bond donors (Lipinski definition) is 0. The van der Waals surface area contributed by atoms with E-state index in [9.17, 15) is 4.79 Å². The maximum Gasteiger partial charge on any atom is 0.137 e. The van der Waals surface area contributed by atoms with Gasteiger partial charge in [-0.15, -0.1) is 0 Å². The van der Waals surface area contributed by atoms with E-state index in [0.29, 0.717) is 5.92 Å². The molecule has 0 aliphatic heterocycles. The predicted molar refractivity (Wildman–Crippen MR) is 185 cm³/mol. The summed E-state index contributed by atoms with van der Waals surface area (Å²) in [5.41, 5.74) is 7.24. The fraction of sp³-hybridized carbons (Fsp3) is 0.541. The van der Waals surface area contributed by atoms with Gasteiger partial charge in [-0.05, 0) is 111 Å². The summed E-state index contributed by atoms with van der Waals surface area (Å²) >= 11 is 3.93. The van der Waals surface area contributed by atoms with Gasteiger partial charge < -0.3 is 4.79 Å². The molecule has 0 N–H and O–H groups in total. The van der Waals surface area contributed by atoms with Gasteiger partial charge in [0, 0.05) is 0 Å². The maximum atomic E-state index is 12.4. The average Bonchev–Trinajstić information content (AvgIpc) is 2.89. The van der Waals surface area contributed by atoms with E-state index in [-0.39, 0.29) is 5.92 Å². The Labute approximate surface area is 256 Å². The third-order valence-corrected chi connectivity index (χ3v) is 13.1. The molecular formula is C37H55BrOSi. The monoisotopic (exact) mass is 622 g/mol. The molecule has 0 fully saturated rings. The molecule has 3 heteroatoms. The van der Waals surface area contributed by atoms with Crippen LogP contribution in [-0.2, 0) is 4.79 Å². The quantitative estimate of drug-likeness (QED) is 0.0822. The molecule has 0 amide bonds. The van der Waals surface area contributed by atoms with Crippen LogP contribution in [0.4, 0.5) is 0 Å². The van der Waals surface area contributed by atoms with Gasteiger partial charge in [-0.1, -0.05) is 123 Å². The fourth-order valence-corrected chi connectivity index (χ4v) is 10.5. The summed E-state index contributed by atoms with van der Waals surface area (Å²) in [6, 6.07) is 9.87. The maximum absolute atomic E-state index is 12.4. The number of carbonyl (C=O) groups excluding carboxylic acids is 1. The van der Waals surface area contributed by atoms with Crippen LogP contribution in [0.15, 0.2) is 83.0 Å². The van der Waals surface area contributed by atoms with Crippen molar-refractivity contribution in [1.82, 2.24) is 0 Å². The molecule has 0 saturated heterocycles. The molecule has 0 saturated carbocycles. The molecule has 0 radical (unpaired) electrons. The number of halogens is 1. The van der Waals surface area contributed by atoms with Crippen LogP contribution in [0.2, 0.25) is 19.1 Å². The average molecular weight is 624 g/mol. The highest BCUT2D eigenvalue weighted by Crippen LogP contribution is 2.43. The number of carbonyl (C=O) groups is 1. The lowest BCUT2D eigenvalue weighted by Crippen LogP contribution is -2.48. The van der Waals surface area contributed by atoms with Gasteiger partial charge in [-0.3, -0.25) is 0 Å². The molecule has 1 aliphatic rings. The number of alkyl halides is 1. The van der Waals surface area contributed by atoms with E-state index in [0.717, 1.165) is 51.0 Å². The summed E-state index contributed by atoms with van der Waals surface area (Å²) in [6.45, 7) is 18.2. The number of rotatable bonds is 15. The third kappa shape index (κ3) is 11.6. The van der Waals surface area contributed by atoms with Crippen molar-refractivity contribution in [2.45, 2.75) is 116 Å². The third-order valence-electron chi connectivity index (χ3n) is 8.53. The zero-order valence-electron chi connectivity index (χ0n) is 26.7. The van der Waals surface area contributed by atoms with Gasteiger partial charge in [0.15, 0.2) is 0 Å². The lowest BCUT2D eigenvalue weighted by Gasteiger charge is -2.39. The van der Waals surface area contributed by atoms with Crippen molar-refractivity contribution < 1.29 is 4.79 Å². The minimum atomic E-state index is -1.69. The van der Waals surface area contributed by atoms with E-state index in [2.05, 4.69) is 131 Å². The molecule has 2 rings (SSSR count). The molecule has 0 heterocycles. The first-order valence-electron chi connectivity index (χ1n) is 15.4. The van der Waals surface area contributed by atoms with Crippen molar-refractivity contribution in [3.8, 4) is 0 Å². The molecule has 1 nitrogen and oxygen atoms in total. The topological polar surface area (TPSA) is 17.1 Å². The van der Waals surface area contributed by atoms with Gasteiger partial charge in [0.05, 0.1) is 12.4 Å². The Bertz CT molecular complexity index is 1110. The summed E-state index contributed by atoms with van der Waals surface area (Å²) in [5.74, 6) is 0.653. The smallest absolute Gasteiger partial charge is 0.137 e. The van der Waals surface area contributed by atoms with E-state index in [1.165, 1.54) is 45.7 Å². The SMILES string of the molecule is CC(C)=CCC/C(C)=C/CC/C(C)=C/CC/C(C)=C/C[C@H]1C=C[C@@H](C[Si](C)(C)c2ccccc2C)[C@@](Br)(C=O)C1. The van der Waals surface area contributed by atoms with E-state index in [1.807, 2.05) is 0 Å². The van der Waals surface area contributed by atoms with Crippen LogP contribution in [0.25, 0.3) is 0 Å². The van der Waals surface area contributed by atoms with Gasteiger partial charge in [0.2, 0.25) is 0 Å². The first kappa shape index (κ1) is 34.5. The molecule has 0 bridgehead atoms. The summed E-state index contributed by atoms with van der Waals surface area (Å²) < 4.78 is -0.459. The molecule has 0 spiro atoms. The number of allylic oxidation sites excluding steroid dienone is 10. The van der Waals surface area contributed by atoms with Crippen LogP contribution in [-0.4, -0.2) is 18.7 Å². The number of hydrogen-bond acceptors (Lipinski definition) is 1. The van der Waals surface area contributed by atoms with Crippen LogP contribution < -0.4 is 5.19 Å². The molecule has 220 valence electrons. The van der Waals surface area contributed by atoms with E-state index < -0.39 is 12.4 Å². The van der Waals surface area contributed by atoms with Gasteiger partial charge in [-0.25, -0.2) is 0 Å². The molecule has 40 heavy (non-hydrogen) atoms. The summed E-state index contributed by atoms with van der Waals surface area (Å²) in [6.07, 6.45) is 24.2. The molecule has 0 unspecified atom stereocenters. The Hall–Kier alpha value is -1.71. The summed E-state index contributed by atoms with van der Waals surface area (Å²) in [7, 11) is -1.69. The fourth-order valence-electron chi connectivity index (χ4n) is 5.94. The van der Waals surface area contributed by atoms with Crippen LogP contribution in [0, 0.1) is 18.8 Å². The van der Waals surface area contributed by atoms with E-state index in [1.54, 1.807) is 0 Å². The first-order chi connectivity index (χ1) is 18.9. The number of benzene rings is 1. The predicted octanol–water partition coefficient (Wildman–Crippen LogP) is 11.0. The summed E-state index contributed by atoms with van der Waals surface area (Å²) in [5, 5.41) is 1.51. The van der Waals surface area contributed by atoms with Crippen molar-refractivity contribution >= 4 is 35.5 Å². The summed E-state index contributed by atoms with van der Waals surface area (Å²) in [4.78, 5) is 12.4. The highest BCUT2D eigenvalue weighted by molar-refractivity contribution is 9.10. The standard InChI is InChI=1S/C37H55BrOSi/c1-29(2)14-11-15-30(3)16-12-17-31(4)18-13-19-32(5)22-23-34-24-25-35(37(38,26-34)28-39)27-40(7,8)36-21-10-9-20-33(36)6/h9-10,14,16,18,20-22,24-25,28,34-35H,11-13,15,17,19,23,26-27H2,1-8H3/b30-16+,31-18+,32-22+/t34-,35-,37-/m0/s1. The van der Waals surface area contributed by atoms with Crippen LogP contribution >= 0.6 is 15.9 Å². The Morgan fingerprint density at radius 1 is 0.875 bits per heavy atom. The van der Waals surface area contributed by atoms with Crippen LogP contribution in [0.1, 0.15) is 91.5 Å². The molecule has 3 atom stereocenters. The first-order valence-corrected chi connectivity index (χ1v) is 19.4. The normalized spacial score (nSPS) is 22.4. The Balaban J connectivity index is 1.86. The van der Waals surface area contributed by atoms with Crippen molar-refractivity contribution in [3.05, 3.63) is 88.6 Å². The molecule has 1 aromatic rings. The number of aryl methyl sites for hydroxylation is 1. The number of aldehydes is 1. The minimum Gasteiger partial charge on any atom is -0.302 e. The highest BCUT2D eigenvalue weighted by Gasteiger charge is 2.42. The van der Waals surface area contributed by atoms with Crippen molar-refractivity contribution in [2.75, 3.05) is 0 Å². The van der Waals surface area contributed by atoms with Crippen molar-refractivity contribution in [2.24, 2.45) is 11.8 Å². The Kier molecular flexibility index (Phi) is 14.4. The second kappa shape index (κ2) is 16.7. The largest absolute Gasteiger partial charge is 0.302 e. The van der Waals surface area contributed by atoms with E-state index >= 15 is 0 Å². The lowest BCUT2D eigenvalue weighted by atomic mass is 9.79. The van der Waals surface area contributed by atoms with Crippen molar-refractivity contribution in [1.29, 1.82) is 0 Å². The molecule has 1 aromatic carbocycles. The van der Waals surface area contributed by atoms with Crippen molar-refractivity contribution in [3.63, 3.8) is 0 Å². The van der Waals surface area contributed by atoms with E-state index in [4.69, 9.17) is 0 Å². The molecular weight excluding hydrogens is 568 g/mol. The zero-order valence-corrected chi connectivity index (χ0v) is 29.2. The Morgan fingerprint density at radius 3 is 1.98 bits per heavy atom.